The van der Waals surface area contributed by atoms with Crippen molar-refractivity contribution >= 4 is 17.6 Å². The summed E-state index contributed by atoms with van der Waals surface area (Å²) in [5.74, 6) is -2.84. The van der Waals surface area contributed by atoms with Crippen LogP contribution in [0.3, 0.4) is 0 Å². The minimum Gasteiger partial charge on any atom is -0.489 e. The maximum atomic E-state index is 13.9. The number of urea groups is 1. The molecule has 0 aromatic heterocycles. The van der Waals surface area contributed by atoms with E-state index in [1.54, 1.807) is 34.1 Å². The van der Waals surface area contributed by atoms with Crippen LogP contribution in [-0.4, -0.2) is 53.0 Å². The number of halogens is 3. The first kappa shape index (κ1) is 26.6. The van der Waals surface area contributed by atoms with Gasteiger partial charge in [-0.05, 0) is 54.3 Å². The summed E-state index contributed by atoms with van der Waals surface area (Å²) in [7, 11) is 0. The first-order chi connectivity index (χ1) is 18.8. The number of nitrogens with zero attached hydrogens (tertiary/aromatic N) is 2. The third kappa shape index (κ3) is 6.17. The Morgan fingerprint density at radius 1 is 0.923 bits per heavy atom. The van der Waals surface area contributed by atoms with Crippen molar-refractivity contribution in [2.24, 2.45) is 5.73 Å². The molecule has 2 aliphatic heterocycles. The second kappa shape index (κ2) is 11.4. The third-order valence-electron chi connectivity index (χ3n) is 7.18. The number of piperazine rings is 1. The molecule has 3 N–H and O–H groups in total. The van der Waals surface area contributed by atoms with Gasteiger partial charge in [0.15, 0.2) is 11.6 Å². The number of amides is 3. The van der Waals surface area contributed by atoms with Crippen LogP contribution in [0, 0.1) is 17.5 Å². The Morgan fingerprint density at radius 3 is 2.28 bits per heavy atom. The van der Waals surface area contributed by atoms with Gasteiger partial charge >= 0.3 is 6.03 Å². The Morgan fingerprint density at radius 2 is 1.59 bits per heavy atom. The van der Waals surface area contributed by atoms with Crippen molar-refractivity contribution in [2.45, 2.75) is 44.0 Å². The van der Waals surface area contributed by atoms with Gasteiger partial charge in [0.25, 0.3) is 0 Å². The van der Waals surface area contributed by atoms with E-state index in [2.05, 4.69) is 5.32 Å². The van der Waals surface area contributed by atoms with E-state index in [1.165, 1.54) is 0 Å². The van der Waals surface area contributed by atoms with E-state index < -0.39 is 23.5 Å². The lowest BCUT2D eigenvalue weighted by Crippen LogP contribution is -2.52. The molecule has 7 nitrogen and oxygen atoms in total. The van der Waals surface area contributed by atoms with Crippen molar-refractivity contribution in [1.82, 2.24) is 9.80 Å². The van der Waals surface area contributed by atoms with Crippen molar-refractivity contribution in [3.8, 4) is 5.75 Å². The van der Waals surface area contributed by atoms with E-state index in [0.29, 0.717) is 43.6 Å². The van der Waals surface area contributed by atoms with Crippen LogP contribution in [0.1, 0.15) is 24.0 Å². The average molecular weight is 539 g/mol. The molecule has 3 aromatic rings. The standard InChI is InChI=1S/C29H29F3N4O3/c30-25-14-27(32)26(31)11-19(25)10-20(33)12-28(37)35-15-23-13-22(35)16-36(23)29(38)34-21-6-8-24(9-7-21)39-17-18-4-2-1-3-5-18/h1-9,11,14,20,22-23H,10,12-13,15-17,33H2,(H,34,38)/t20-,22+,23+/m1/s1. The summed E-state index contributed by atoms with van der Waals surface area (Å²) in [6, 6.07) is 17.0. The Bertz CT molecular complexity index is 1340. The number of likely N-dealkylation sites (tertiary alicyclic amines) is 2. The van der Waals surface area contributed by atoms with Gasteiger partial charge in [-0.15, -0.1) is 0 Å². The zero-order valence-corrected chi connectivity index (χ0v) is 21.2. The number of anilines is 1. The van der Waals surface area contributed by atoms with Crippen LogP contribution in [0.25, 0.3) is 0 Å². The third-order valence-corrected chi connectivity index (χ3v) is 7.18. The lowest BCUT2D eigenvalue weighted by atomic mass is 10.0. The summed E-state index contributed by atoms with van der Waals surface area (Å²) in [4.78, 5) is 29.2. The molecule has 0 saturated carbocycles. The van der Waals surface area contributed by atoms with Crippen molar-refractivity contribution < 1.29 is 27.5 Å². The smallest absolute Gasteiger partial charge is 0.322 e. The number of benzene rings is 3. The Kier molecular flexibility index (Phi) is 7.74. The first-order valence-corrected chi connectivity index (χ1v) is 12.8. The molecule has 0 spiro atoms. The van der Waals surface area contributed by atoms with Crippen LogP contribution in [0.4, 0.5) is 23.7 Å². The van der Waals surface area contributed by atoms with Crippen molar-refractivity contribution in [1.29, 1.82) is 0 Å². The maximum Gasteiger partial charge on any atom is 0.322 e. The highest BCUT2D eigenvalue weighted by atomic mass is 19.2. The zero-order valence-electron chi connectivity index (χ0n) is 21.2. The SMILES string of the molecule is N[C@@H](CC(=O)N1C[C@@H]2C[C@H]1CN2C(=O)Nc1ccc(OCc2ccccc2)cc1)Cc1cc(F)c(F)cc1F. The summed E-state index contributed by atoms with van der Waals surface area (Å²) in [6.45, 7) is 1.23. The summed E-state index contributed by atoms with van der Waals surface area (Å²) in [6.07, 6.45) is 0.506. The largest absolute Gasteiger partial charge is 0.489 e. The molecule has 2 heterocycles. The van der Waals surface area contributed by atoms with E-state index in [9.17, 15) is 22.8 Å². The fraction of sp³-hybridized carbons (Fsp3) is 0.310. The van der Waals surface area contributed by atoms with Gasteiger partial charge < -0.3 is 25.6 Å². The van der Waals surface area contributed by atoms with E-state index in [-0.39, 0.29) is 42.4 Å². The average Bonchev–Trinajstić information content (AvgIpc) is 3.54. The minimum absolute atomic E-state index is 0.0630. The quantitative estimate of drug-likeness (QED) is 0.415. The molecule has 0 unspecified atom stereocenters. The first-order valence-electron chi connectivity index (χ1n) is 12.8. The molecule has 0 radical (unpaired) electrons. The number of nitrogens with one attached hydrogen (secondary N) is 1. The second-order valence-electron chi connectivity index (χ2n) is 10.00. The lowest BCUT2D eigenvalue weighted by molar-refractivity contribution is -0.133. The summed E-state index contributed by atoms with van der Waals surface area (Å²) >= 11 is 0. The van der Waals surface area contributed by atoms with Crippen LogP contribution in [0.2, 0.25) is 0 Å². The van der Waals surface area contributed by atoms with Crippen LogP contribution in [-0.2, 0) is 17.8 Å². The molecule has 204 valence electrons. The number of nitrogens with two attached hydrogens (primary N) is 1. The number of carbonyl (C=O) groups is 2. The monoisotopic (exact) mass is 538 g/mol. The molecule has 3 atom stereocenters. The Balaban J connectivity index is 1.09. The highest BCUT2D eigenvalue weighted by Gasteiger charge is 2.47. The number of hydrogen-bond donors (Lipinski definition) is 2. The van der Waals surface area contributed by atoms with Gasteiger partial charge in [-0.2, -0.15) is 0 Å². The fourth-order valence-corrected chi connectivity index (χ4v) is 5.21. The summed E-state index contributed by atoms with van der Waals surface area (Å²) in [5.41, 5.74) is 7.66. The second-order valence-corrected chi connectivity index (χ2v) is 10.00. The van der Waals surface area contributed by atoms with Crippen LogP contribution >= 0.6 is 0 Å². The van der Waals surface area contributed by atoms with Crippen LogP contribution < -0.4 is 15.8 Å². The summed E-state index contributed by atoms with van der Waals surface area (Å²) < 4.78 is 46.3. The molecule has 2 saturated heterocycles. The van der Waals surface area contributed by atoms with E-state index in [1.807, 2.05) is 30.3 Å². The van der Waals surface area contributed by atoms with Crippen LogP contribution in [0.5, 0.6) is 5.75 Å². The van der Waals surface area contributed by atoms with E-state index in [0.717, 1.165) is 11.6 Å². The minimum atomic E-state index is -1.27. The van der Waals surface area contributed by atoms with Crippen molar-refractivity contribution in [3.05, 3.63) is 95.3 Å². The van der Waals surface area contributed by atoms with Gasteiger partial charge in [0.1, 0.15) is 18.2 Å². The fourth-order valence-electron chi connectivity index (χ4n) is 5.21. The Labute approximate surface area is 224 Å². The Hall–Kier alpha value is -4.05. The molecule has 3 amide bonds. The molecular formula is C29H29F3N4O3. The summed E-state index contributed by atoms with van der Waals surface area (Å²) in [5, 5.41) is 2.90. The molecule has 39 heavy (non-hydrogen) atoms. The number of hydrogen-bond acceptors (Lipinski definition) is 4. The molecule has 0 aliphatic carbocycles. The molecule has 5 rings (SSSR count). The van der Waals surface area contributed by atoms with Crippen molar-refractivity contribution in [3.63, 3.8) is 0 Å². The highest BCUT2D eigenvalue weighted by Crippen LogP contribution is 2.32. The van der Waals surface area contributed by atoms with Gasteiger partial charge in [0, 0.05) is 37.3 Å². The van der Waals surface area contributed by atoms with Gasteiger partial charge in [-0.3, -0.25) is 4.79 Å². The van der Waals surface area contributed by atoms with Gasteiger partial charge in [-0.1, -0.05) is 30.3 Å². The van der Waals surface area contributed by atoms with Gasteiger partial charge in [0.05, 0.1) is 12.1 Å². The maximum absolute atomic E-state index is 13.9. The van der Waals surface area contributed by atoms with E-state index >= 15 is 0 Å². The molecule has 2 aliphatic rings. The predicted octanol–water partition coefficient (Wildman–Crippen LogP) is 4.46. The zero-order chi connectivity index (χ0) is 27.5. The van der Waals surface area contributed by atoms with E-state index in [4.69, 9.17) is 10.5 Å². The topological polar surface area (TPSA) is 87.9 Å². The van der Waals surface area contributed by atoms with Crippen LogP contribution in [0.15, 0.2) is 66.7 Å². The number of carbonyl (C=O) groups excluding carboxylic acids is 2. The molecular weight excluding hydrogens is 509 g/mol. The molecule has 2 bridgehead atoms. The normalized spacial score (nSPS) is 18.8. The van der Waals surface area contributed by atoms with Gasteiger partial charge in [0.2, 0.25) is 5.91 Å². The van der Waals surface area contributed by atoms with Crippen molar-refractivity contribution in [2.75, 3.05) is 18.4 Å². The molecule has 10 heteroatoms. The molecule has 3 aromatic carbocycles. The lowest BCUT2D eigenvalue weighted by Gasteiger charge is -2.34. The predicted molar refractivity (Wildman–Crippen MR) is 139 cm³/mol. The van der Waals surface area contributed by atoms with Gasteiger partial charge in [-0.25, -0.2) is 18.0 Å². The highest BCUT2D eigenvalue weighted by molar-refractivity contribution is 5.90. The molecule has 2 fully saturated rings. The number of rotatable bonds is 8. The number of ether oxygens (including phenoxy) is 1. The number of fused-ring (bicyclic) bond motifs is 2.